The molecule has 8 heteroatoms. The standard InChI is InChI=1S/C20H21N3O4S/c1-14-5-4-6-17(11-14)28(24,25)23-20-10-7-15(13-21-20)22-18-9-8-16(26-2)12-19(18)27-3/h4-13,22H,1-3H3,(H,21,23). The summed E-state index contributed by atoms with van der Waals surface area (Å²) >= 11 is 0. The van der Waals surface area contributed by atoms with E-state index in [1.807, 2.05) is 25.1 Å². The van der Waals surface area contributed by atoms with Gasteiger partial charge in [0.15, 0.2) is 0 Å². The third kappa shape index (κ3) is 4.52. The highest BCUT2D eigenvalue weighted by atomic mass is 32.2. The number of aromatic nitrogens is 1. The maximum atomic E-state index is 12.5. The monoisotopic (exact) mass is 399 g/mol. The number of nitrogens with one attached hydrogen (secondary N) is 2. The summed E-state index contributed by atoms with van der Waals surface area (Å²) in [7, 11) is -0.536. The first kappa shape index (κ1) is 19.5. The molecule has 0 aliphatic heterocycles. The number of pyridine rings is 1. The largest absolute Gasteiger partial charge is 0.497 e. The van der Waals surface area contributed by atoms with E-state index in [1.54, 1.807) is 50.6 Å². The smallest absolute Gasteiger partial charge is 0.263 e. The Bertz CT molecular complexity index is 1070. The molecule has 0 spiro atoms. The summed E-state index contributed by atoms with van der Waals surface area (Å²) in [6, 6.07) is 15.4. The second kappa shape index (κ2) is 8.18. The summed E-state index contributed by atoms with van der Waals surface area (Å²) in [6.07, 6.45) is 1.54. The van der Waals surface area contributed by atoms with Gasteiger partial charge in [0.1, 0.15) is 17.3 Å². The Morgan fingerprint density at radius 1 is 0.964 bits per heavy atom. The number of anilines is 3. The number of hydrogen-bond donors (Lipinski definition) is 2. The SMILES string of the molecule is COc1ccc(Nc2ccc(NS(=O)(=O)c3cccc(C)c3)nc2)c(OC)c1. The highest BCUT2D eigenvalue weighted by Crippen LogP contribution is 2.31. The molecule has 0 saturated heterocycles. The van der Waals surface area contributed by atoms with E-state index in [2.05, 4.69) is 15.0 Å². The van der Waals surface area contributed by atoms with Crippen molar-refractivity contribution >= 4 is 27.2 Å². The van der Waals surface area contributed by atoms with Crippen molar-refractivity contribution in [3.63, 3.8) is 0 Å². The minimum absolute atomic E-state index is 0.194. The van der Waals surface area contributed by atoms with Gasteiger partial charge >= 0.3 is 0 Å². The summed E-state index contributed by atoms with van der Waals surface area (Å²) in [5.41, 5.74) is 2.28. The number of nitrogens with zero attached hydrogens (tertiary/aromatic N) is 1. The summed E-state index contributed by atoms with van der Waals surface area (Å²) in [5.74, 6) is 1.53. The Morgan fingerprint density at radius 3 is 2.43 bits per heavy atom. The first-order valence-electron chi connectivity index (χ1n) is 8.46. The van der Waals surface area contributed by atoms with Crippen LogP contribution in [-0.4, -0.2) is 27.6 Å². The average molecular weight is 399 g/mol. The first-order valence-corrected chi connectivity index (χ1v) is 9.94. The molecule has 28 heavy (non-hydrogen) atoms. The van der Waals surface area contributed by atoms with Gasteiger partial charge in [-0.3, -0.25) is 4.72 Å². The fourth-order valence-corrected chi connectivity index (χ4v) is 3.68. The van der Waals surface area contributed by atoms with E-state index in [4.69, 9.17) is 9.47 Å². The van der Waals surface area contributed by atoms with Gasteiger partial charge in [0.05, 0.1) is 36.7 Å². The molecule has 0 fully saturated rings. The van der Waals surface area contributed by atoms with Crippen LogP contribution in [0.15, 0.2) is 65.7 Å². The second-order valence-corrected chi connectivity index (χ2v) is 7.73. The Morgan fingerprint density at radius 2 is 1.79 bits per heavy atom. The molecule has 0 unspecified atom stereocenters. The number of sulfonamides is 1. The quantitative estimate of drug-likeness (QED) is 0.625. The molecule has 1 heterocycles. The summed E-state index contributed by atoms with van der Waals surface area (Å²) in [5, 5.41) is 3.18. The molecule has 146 valence electrons. The third-order valence-corrected chi connectivity index (χ3v) is 5.34. The lowest BCUT2D eigenvalue weighted by atomic mass is 10.2. The minimum Gasteiger partial charge on any atom is -0.497 e. The lowest BCUT2D eigenvalue weighted by molar-refractivity contribution is 0.395. The van der Waals surface area contributed by atoms with Crippen molar-refractivity contribution in [2.24, 2.45) is 0 Å². The van der Waals surface area contributed by atoms with Crippen molar-refractivity contribution in [3.8, 4) is 11.5 Å². The lowest BCUT2D eigenvalue weighted by Crippen LogP contribution is -2.14. The van der Waals surface area contributed by atoms with E-state index in [1.165, 1.54) is 6.20 Å². The molecule has 0 atom stereocenters. The molecule has 2 aromatic carbocycles. The average Bonchev–Trinajstić information content (AvgIpc) is 2.69. The number of methoxy groups -OCH3 is 2. The van der Waals surface area contributed by atoms with Gasteiger partial charge < -0.3 is 14.8 Å². The molecular weight excluding hydrogens is 378 g/mol. The molecule has 0 aliphatic carbocycles. The van der Waals surface area contributed by atoms with Crippen molar-refractivity contribution in [3.05, 3.63) is 66.4 Å². The molecule has 0 aliphatic rings. The molecule has 1 aromatic heterocycles. The highest BCUT2D eigenvalue weighted by Gasteiger charge is 2.15. The van der Waals surface area contributed by atoms with Crippen molar-refractivity contribution < 1.29 is 17.9 Å². The van der Waals surface area contributed by atoms with E-state index < -0.39 is 10.0 Å². The van der Waals surface area contributed by atoms with Crippen molar-refractivity contribution in [2.45, 2.75) is 11.8 Å². The van der Waals surface area contributed by atoms with Crippen LogP contribution in [0.5, 0.6) is 11.5 Å². The number of benzene rings is 2. The highest BCUT2D eigenvalue weighted by molar-refractivity contribution is 7.92. The second-order valence-electron chi connectivity index (χ2n) is 6.05. The van der Waals surface area contributed by atoms with Crippen LogP contribution < -0.4 is 19.5 Å². The minimum atomic E-state index is -3.69. The van der Waals surface area contributed by atoms with E-state index in [-0.39, 0.29) is 10.7 Å². The number of aryl methyl sites for hydroxylation is 1. The van der Waals surface area contributed by atoms with Crippen LogP contribution in [0.3, 0.4) is 0 Å². The fraction of sp³-hybridized carbons (Fsp3) is 0.150. The molecule has 3 aromatic rings. The summed E-state index contributed by atoms with van der Waals surface area (Å²) in [4.78, 5) is 4.37. The van der Waals surface area contributed by atoms with Gasteiger partial charge in [-0.2, -0.15) is 0 Å². The van der Waals surface area contributed by atoms with Gasteiger partial charge in [-0.05, 0) is 48.9 Å². The molecular formula is C20H21N3O4S. The summed E-state index contributed by atoms with van der Waals surface area (Å²) < 4.78 is 38.0. The predicted molar refractivity (Wildman–Crippen MR) is 109 cm³/mol. The fourth-order valence-electron chi connectivity index (χ4n) is 2.56. The maximum absolute atomic E-state index is 12.5. The van der Waals surface area contributed by atoms with Crippen LogP contribution in [0.4, 0.5) is 17.2 Å². The van der Waals surface area contributed by atoms with Gasteiger partial charge in [-0.1, -0.05) is 12.1 Å². The van der Waals surface area contributed by atoms with Crippen LogP contribution in [0.2, 0.25) is 0 Å². The summed E-state index contributed by atoms with van der Waals surface area (Å²) in [6.45, 7) is 1.84. The molecule has 0 radical (unpaired) electrons. The zero-order valence-electron chi connectivity index (χ0n) is 15.8. The van der Waals surface area contributed by atoms with Crippen molar-refractivity contribution in [2.75, 3.05) is 24.3 Å². The van der Waals surface area contributed by atoms with Crippen LogP contribution in [0, 0.1) is 6.92 Å². The zero-order chi connectivity index (χ0) is 20.1. The topological polar surface area (TPSA) is 89.6 Å². The predicted octanol–water partition coefficient (Wildman–Crippen LogP) is 3.95. The Balaban J connectivity index is 1.75. The Labute approximate surface area is 164 Å². The first-order chi connectivity index (χ1) is 13.4. The van der Waals surface area contributed by atoms with E-state index >= 15 is 0 Å². The molecule has 0 saturated carbocycles. The molecule has 2 N–H and O–H groups in total. The van der Waals surface area contributed by atoms with E-state index in [0.717, 1.165) is 11.3 Å². The Hall–Kier alpha value is -3.26. The Kier molecular flexibility index (Phi) is 5.70. The van der Waals surface area contributed by atoms with Crippen molar-refractivity contribution in [1.82, 2.24) is 4.98 Å². The van der Waals surface area contributed by atoms with Crippen LogP contribution >= 0.6 is 0 Å². The van der Waals surface area contributed by atoms with Gasteiger partial charge in [0.25, 0.3) is 10.0 Å². The number of rotatable bonds is 7. The van der Waals surface area contributed by atoms with E-state index in [0.29, 0.717) is 17.2 Å². The van der Waals surface area contributed by atoms with Crippen LogP contribution in [0.1, 0.15) is 5.56 Å². The van der Waals surface area contributed by atoms with Crippen molar-refractivity contribution in [1.29, 1.82) is 0 Å². The molecule has 3 rings (SSSR count). The lowest BCUT2D eigenvalue weighted by Gasteiger charge is -2.13. The number of ether oxygens (including phenoxy) is 2. The van der Waals surface area contributed by atoms with Crippen LogP contribution in [0.25, 0.3) is 0 Å². The van der Waals surface area contributed by atoms with E-state index in [9.17, 15) is 8.42 Å². The molecule has 7 nitrogen and oxygen atoms in total. The third-order valence-electron chi connectivity index (χ3n) is 3.99. The zero-order valence-corrected chi connectivity index (χ0v) is 16.6. The van der Waals surface area contributed by atoms with Gasteiger partial charge in [-0.25, -0.2) is 13.4 Å². The molecule has 0 bridgehead atoms. The van der Waals surface area contributed by atoms with Crippen LogP contribution in [-0.2, 0) is 10.0 Å². The normalized spacial score (nSPS) is 11.0. The maximum Gasteiger partial charge on any atom is 0.263 e. The van der Waals surface area contributed by atoms with Gasteiger partial charge in [0, 0.05) is 6.07 Å². The molecule has 0 amide bonds. The number of hydrogen-bond acceptors (Lipinski definition) is 6. The van der Waals surface area contributed by atoms with Gasteiger partial charge in [0.2, 0.25) is 0 Å². The van der Waals surface area contributed by atoms with Gasteiger partial charge in [-0.15, -0.1) is 0 Å².